The molecule has 0 spiro atoms. The van der Waals surface area contributed by atoms with Gasteiger partial charge in [-0.05, 0) is 72.8 Å². The van der Waals surface area contributed by atoms with Crippen molar-refractivity contribution in [1.82, 2.24) is 4.98 Å². The van der Waals surface area contributed by atoms with E-state index in [9.17, 15) is 0 Å². The van der Waals surface area contributed by atoms with Gasteiger partial charge in [-0.25, -0.2) is 4.98 Å². The fourth-order valence-electron chi connectivity index (χ4n) is 6.26. The highest BCUT2D eigenvalue weighted by molar-refractivity contribution is 6.21. The van der Waals surface area contributed by atoms with E-state index in [1.165, 1.54) is 60.1 Å². The largest absolute Gasteiger partial charge is 0.248 e. The molecule has 0 saturated heterocycles. The summed E-state index contributed by atoms with van der Waals surface area (Å²) in [6.45, 7) is 0. The number of hydrogen-bond acceptors (Lipinski definition) is 1. The molecule has 0 unspecified atom stereocenters. The molecule has 42 heavy (non-hydrogen) atoms. The Labute approximate surface area is 245 Å². The van der Waals surface area contributed by atoms with Crippen LogP contribution in [0.5, 0.6) is 0 Å². The molecule has 8 rings (SSSR count). The molecule has 0 aliphatic heterocycles. The number of rotatable bonds is 4. The monoisotopic (exact) mass is 533 g/mol. The quantitative estimate of drug-likeness (QED) is 0.205. The second-order valence-corrected chi connectivity index (χ2v) is 10.8. The predicted octanol–water partition coefficient (Wildman–Crippen LogP) is 11.2. The van der Waals surface area contributed by atoms with Gasteiger partial charge >= 0.3 is 0 Å². The second-order valence-electron chi connectivity index (χ2n) is 10.8. The molecule has 196 valence electrons. The molecule has 8 aromatic rings. The van der Waals surface area contributed by atoms with Crippen LogP contribution in [0.2, 0.25) is 0 Å². The topological polar surface area (TPSA) is 12.9 Å². The van der Waals surface area contributed by atoms with Gasteiger partial charge in [0.1, 0.15) is 0 Å². The van der Waals surface area contributed by atoms with Gasteiger partial charge in [0.2, 0.25) is 0 Å². The molecule has 0 saturated carbocycles. The van der Waals surface area contributed by atoms with Crippen LogP contribution < -0.4 is 0 Å². The highest BCUT2D eigenvalue weighted by Gasteiger charge is 2.17. The van der Waals surface area contributed by atoms with Crippen molar-refractivity contribution in [2.24, 2.45) is 0 Å². The number of hydrogen-bond donors (Lipinski definition) is 0. The number of pyridine rings is 1. The lowest BCUT2D eigenvalue weighted by Crippen LogP contribution is -1.93. The summed E-state index contributed by atoms with van der Waals surface area (Å²) in [5.74, 6) is 0. The van der Waals surface area contributed by atoms with Crippen LogP contribution in [0.4, 0.5) is 0 Å². The molecular weight excluding hydrogens is 506 g/mol. The van der Waals surface area contributed by atoms with E-state index in [2.05, 4.69) is 164 Å². The third kappa shape index (κ3) is 4.15. The summed E-state index contributed by atoms with van der Waals surface area (Å²) in [5.41, 5.74) is 9.19. The van der Waals surface area contributed by atoms with Crippen molar-refractivity contribution in [3.8, 4) is 44.8 Å². The summed E-state index contributed by atoms with van der Waals surface area (Å²) in [4.78, 5) is 5.27. The summed E-state index contributed by atoms with van der Waals surface area (Å²) in [7, 11) is 0. The first kappa shape index (κ1) is 24.3. The SMILES string of the molecule is c1ccc(-c2ccc(-c3c4ccccc4c(-c4cccc(-c5ccc6ccccc6c5)n4)c4ccccc34)cc2)cc1. The molecule has 1 nitrogen and oxygen atoms in total. The second kappa shape index (κ2) is 10.1. The molecule has 0 N–H and O–H groups in total. The minimum atomic E-state index is 0.979. The molecule has 0 aliphatic rings. The molecule has 0 bridgehead atoms. The van der Waals surface area contributed by atoms with Crippen LogP contribution in [0.1, 0.15) is 0 Å². The smallest absolute Gasteiger partial charge is 0.0722 e. The number of benzene rings is 7. The van der Waals surface area contributed by atoms with Gasteiger partial charge < -0.3 is 0 Å². The van der Waals surface area contributed by atoms with Crippen molar-refractivity contribution in [2.75, 3.05) is 0 Å². The molecule has 7 aromatic carbocycles. The molecule has 0 aliphatic carbocycles. The summed E-state index contributed by atoms with van der Waals surface area (Å²) in [6.07, 6.45) is 0. The van der Waals surface area contributed by atoms with Gasteiger partial charge in [-0.3, -0.25) is 0 Å². The van der Waals surface area contributed by atoms with Crippen molar-refractivity contribution in [2.45, 2.75) is 0 Å². The molecule has 1 aromatic heterocycles. The highest BCUT2D eigenvalue weighted by atomic mass is 14.7. The zero-order valence-electron chi connectivity index (χ0n) is 23.0. The van der Waals surface area contributed by atoms with Gasteiger partial charge in [0, 0.05) is 11.1 Å². The molecular formula is C41H27N. The van der Waals surface area contributed by atoms with Gasteiger partial charge in [-0.2, -0.15) is 0 Å². The average Bonchev–Trinajstić information content (AvgIpc) is 3.07. The lowest BCUT2D eigenvalue weighted by Gasteiger charge is -2.18. The Hall–Kier alpha value is -5.53. The van der Waals surface area contributed by atoms with E-state index in [0.717, 1.165) is 17.0 Å². The molecule has 0 amide bonds. The molecule has 0 radical (unpaired) electrons. The highest BCUT2D eigenvalue weighted by Crippen LogP contribution is 2.43. The lowest BCUT2D eigenvalue weighted by atomic mass is 9.87. The van der Waals surface area contributed by atoms with Crippen molar-refractivity contribution < 1.29 is 0 Å². The summed E-state index contributed by atoms with van der Waals surface area (Å²) in [6, 6.07) is 58.5. The van der Waals surface area contributed by atoms with Crippen LogP contribution in [0.3, 0.4) is 0 Å². The van der Waals surface area contributed by atoms with Crippen LogP contribution in [0.25, 0.3) is 77.1 Å². The normalized spacial score (nSPS) is 11.3. The summed E-state index contributed by atoms with van der Waals surface area (Å²) in [5, 5.41) is 7.35. The maximum Gasteiger partial charge on any atom is 0.0722 e. The molecule has 1 heterocycles. The van der Waals surface area contributed by atoms with Crippen molar-refractivity contribution >= 4 is 32.3 Å². The van der Waals surface area contributed by atoms with Gasteiger partial charge in [0.25, 0.3) is 0 Å². The minimum Gasteiger partial charge on any atom is -0.248 e. The Morgan fingerprint density at radius 2 is 0.786 bits per heavy atom. The zero-order chi connectivity index (χ0) is 27.9. The van der Waals surface area contributed by atoms with E-state index < -0.39 is 0 Å². The van der Waals surface area contributed by atoms with Crippen molar-refractivity contribution in [1.29, 1.82) is 0 Å². The van der Waals surface area contributed by atoms with Gasteiger partial charge in [0.05, 0.1) is 11.4 Å². The Kier molecular flexibility index (Phi) is 5.86. The van der Waals surface area contributed by atoms with E-state index in [0.29, 0.717) is 0 Å². The van der Waals surface area contributed by atoms with Crippen LogP contribution in [-0.4, -0.2) is 4.98 Å². The fraction of sp³-hybridized carbons (Fsp3) is 0. The standard InChI is InChI=1S/C41H27N/c1-2-11-28(12-3-1)30-21-24-31(25-22-30)40-34-15-6-8-17-36(34)41(37-18-9-7-16-35(37)40)39-20-10-19-38(42-39)33-26-23-29-13-4-5-14-32(29)27-33/h1-27H. The Morgan fingerprint density at radius 3 is 1.48 bits per heavy atom. The van der Waals surface area contributed by atoms with E-state index in [4.69, 9.17) is 4.98 Å². The Bertz CT molecular complexity index is 2170. The average molecular weight is 534 g/mol. The summed E-state index contributed by atoms with van der Waals surface area (Å²) < 4.78 is 0. The summed E-state index contributed by atoms with van der Waals surface area (Å²) >= 11 is 0. The van der Waals surface area contributed by atoms with Gasteiger partial charge in [0.15, 0.2) is 0 Å². The van der Waals surface area contributed by atoms with Crippen molar-refractivity contribution in [3.63, 3.8) is 0 Å². The van der Waals surface area contributed by atoms with E-state index in [1.54, 1.807) is 0 Å². The van der Waals surface area contributed by atoms with Crippen LogP contribution >= 0.6 is 0 Å². The van der Waals surface area contributed by atoms with E-state index >= 15 is 0 Å². The van der Waals surface area contributed by atoms with E-state index in [-0.39, 0.29) is 0 Å². The maximum absolute atomic E-state index is 5.27. The van der Waals surface area contributed by atoms with E-state index in [1.807, 2.05) is 0 Å². The zero-order valence-corrected chi connectivity index (χ0v) is 23.0. The predicted molar refractivity (Wildman–Crippen MR) is 178 cm³/mol. The third-order valence-corrected chi connectivity index (χ3v) is 8.26. The minimum absolute atomic E-state index is 0.979. The number of aromatic nitrogens is 1. The maximum atomic E-state index is 5.27. The van der Waals surface area contributed by atoms with Crippen LogP contribution in [0, 0.1) is 0 Å². The first-order valence-corrected chi connectivity index (χ1v) is 14.4. The van der Waals surface area contributed by atoms with Crippen LogP contribution in [0.15, 0.2) is 164 Å². The lowest BCUT2D eigenvalue weighted by molar-refractivity contribution is 1.34. The van der Waals surface area contributed by atoms with Crippen LogP contribution in [-0.2, 0) is 0 Å². The first-order valence-electron chi connectivity index (χ1n) is 14.4. The molecule has 1 heteroatoms. The molecule has 0 fully saturated rings. The fourth-order valence-corrected chi connectivity index (χ4v) is 6.26. The Balaban J connectivity index is 1.33. The van der Waals surface area contributed by atoms with Gasteiger partial charge in [-0.15, -0.1) is 0 Å². The number of fused-ring (bicyclic) bond motifs is 3. The molecule has 0 atom stereocenters. The first-order chi connectivity index (χ1) is 20.8. The van der Waals surface area contributed by atoms with Crippen molar-refractivity contribution in [3.05, 3.63) is 164 Å². The Morgan fingerprint density at radius 1 is 0.286 bits per heavy atom. The van der Waals surface area contributed by atoms with Gasteiger partial charge in [-0.1, -0.05) is 146 Å². The third-order valence-electron chi connectivity index (χ3n) is 8.26. The number of nitrogens with zero attached hydrogens (tertiary/aromatic N) is 1.